The number of carbonyl (C=O) groups is 2. The molecule has 1 rings (SSSR count). The average molecular weight is 330 g/mol. The normalized spacial score (nSPS) is 11.7. The Kier molecular flexibility index (Phi) is 6.49. The van der Waals surface area contributed by atoms with Gasteiger partial charge in [-0.3, -0.25) is 4.79 Å². The molecule has 0 saturated carbocycles. The Morgan fingerprint density at radius 2 is 2.05 bits per heavy atom. The molecule has 0 bridgehead atoms. The van der Waals surface area contributed by atoms with Crippen LogP contribution in [0.4, 0.5) is 0 Å². The summed E-state index contributed by atoms with van der Waals surface area (Å²) in [5.74, 6) is -0.842. The first kappa shape index (κ1) is 18.1. The number of amides is 1. The molecule has 1 unspecified atom stereocenters. The molecule has 0 heterocycles. The van der Waals surface area contributed by atoms with E-state index in [0.717, 1.165) is 11.3 Å². The van der Waals surface area contributed by atoms with Crippen LogP contribution in [-0.2, 0) is 4.79 Å². The third-order valence-electron chi connectivity index (χ3n) is 3.19. The second-order valence-corrected chi connectivity index (χ2v) is 5.18. The number of halogens is 1. The fourth-order valence-corrected chi connectivity index (χ4v) is 2.00. The van der Waals surface area contributed by atoms with E-state index in [0.29, 0.717) is 18.1 Å². The van der Waals surface area contributed by atoms with Crippen molar-refractivity contribution in [3.63, 3.8) is 0 Å². The lowest BCUT2D eigenvalue weighted by atomic mass is 10.1. The smallest absolute Gasteiger partial charge is 0.326 e. The number of carboxylic acid groups (broad SMARTS) is 1. The van der Waals surface area contributed by atoms with E-state index in [1.165, 1.54) is 33.2 Å². The number of rotatable bonds is 7. The number of carboxylic acids is 1. The molecule has 1 aromatic rings. The monoisotopic (exact) mass is 329 g/mol. The predicted molar refractivity (Wildman–Crippen MR) is 83.0 cm³/mol. The number of carbonyl (C=O) groups excluding carboxylic acids is 1. The molecular formula is C15H20ClNO5. The van der Waals surface area contributed by atoms with Crippen molar-refractivity contribution in [1.29, 1.82) is 0 Å². The number of nitrogens with zero attached hydrogens (tertiary/aromatic N) is 1. The summed E-state index contributed by atoms with van der Waals surface area (Å²) < 4.78 is 10.7. The lowest BCUT2D eigenvalue weighted by Crippen LogP contribution is -2.40. The van der Waals surface area contributed by atoms with Gasteiger partial charge in [0.1, 0.15) is 6.04 Å². The number of aliphatic carboxylic acids is 1. The summed E-state index contributed by atoms with van der Waals surface area (Å²) in [5.41, 5.74) is 0.237. The van der Waals surface area contributed by atoms with Gasteiger partial charge in [-0.1, -0.05) is 18.5 Å². The quantitative estimate of drug-likeness (QED) is 0.832. The summed E-state index contributed by atoms with van der Waals surface area (Å²) in [6, 6.07) is 1.99. The van der Waals surface area contributed by atoms with E-state index >= 15 is 0 Å². The molecule has 1 aromatic carbocycles. The summed E-state index contributed by atoms with van der Waals surface area (Å²) in [7, 11) is 2.87. The molecule has 0 spiro atoms. The highest BCUT2D eigenvalue weighted by atomic mass is 35.5. The number of ether oxygens (including phenoxy) is 2. The van der Waals surface area contributed by atoms with Gasteiger partial charge in [0.15, 0.2) is 11.5 Å². The van der Waals surface area contributed by atoms with Crippen LogP contribution in [0.25, 0.3) is 0 Å². The Morgan fingerprint density at radius 3 is 2.55 bits per heavy atom. The van der Waals surface area contributed by atoms with E-state index < -0.39 is 17.9 Å². The second kappa shape index (κ2) is 7.89. The highest BCUT2D eigenvalue weighted by Gasteiger charge is 2.24. The molecule has 0 radical (unpaired) electrons. The Bertz CT molecular complexity index is 561. The van der Waals surface area contributed by atoms with Gasteiger partial charge in [-0.25, -0.2) is 4.79 Å². The molecule has 0 saturated heterocycles. The summed E-state index contributed by atoms with van der Waals surface area (Å²) in [6.45, 7) is 3.86. The molecule has 0 aromatic heterocycles. The fourth-order valence-electron chi connectivity index (χ4n) is 1.73. The maximum absolute atomic E-state index is 12.3. The molecule has 1 atom stereocenters. The first-order chi connectivity index (χ1) is 10.3. The van der Waals surface area contributed by atoms with Gasteiger partial charge in [-0.2, -0.15) is 0 Å². The summed E-state index contributed by atoms with van der Waals surface area (Å²) in [6.07, 6.45) is 0.805. The van der Waals surface area contributed by atoms with Crippen LogP contribution in [0.15, 0.2) is 12.1 Å². The van der Waals surface area contributed by atoms with Gasteiger partial charge in [0.25, 0.3) is 5.91 Å². The van der Waals surface area contributed by atoms with Crippen LogP contribution in [0.3, 0.4) is 0 Å². The molecule has 0 aliphatic heterocycles. The molecule has 0 fully saturated rings. The SMILES string of the molecule is CCCOc1c(Cl)cc(C(=O)N(C)C(C)C(=O)O)cc1OC. The van der Waals surface area contributed by atoms with E-state index in [9.17, 15) is 9.59 Å². The van der Waals surface area contributed by atoms with Crippen molar-refractivity contribution in [2.24, 2.45) is 0 Å². The zero-order chi connectivity index (χ0) is 16.9. The molecule has 0 aliphatic rings. The van der Waals surface area contributed by atoms with Gasteiger partial charge in [0.05, 0.1) is 18.7 Å². The van der Waals surface area contributed by atoms with Crippen molar-refractivity contribution in [2.45, 2.75) is 26.3 Å². The standard InChI is InChI=1S/C15H20ClNO5/c1-5-6-22-13-11(16)7-10(8-12(13)21-4)14(18)17(3)9(2)15(19)20/h7-9H,5-6H2,1-4H3,(H,19,20). The van der Waals surface area contributed by atoms with Crippen LogP contribution in [0.2, 0.25) is 5.02 Å². The zero-order valence-corrected chi connectivity index (χ0v) is 13.8. The molecule has 1 N–H and O–H groups in total. The van der Waals surface area contributed by atoms with E-state index in [2.05, 4.69) is 0 Å². The van der Waals surface area contributed by atoms with Gasteiger partial charge in [0, 0.05) is 12.6 Å². The highest BCUT2D eigenvalue weighted by molar-refractivity contribution is 6.32. The third-order valence-corrected chi connectivity index (χ3v) is 3.47. The Hall–Kier alpha value is -1.95. The molecule has 7 heteroatoms. The van der Waals surface area contributed by atoms with Gasteiger partial charge < -0.3 is 19.5 Å². The minimum atomic E-state index is -1.09. The van der Waals surface area contributed by atoms with Crippen LogP contribution in [0.1, 0.15) is 30.6 Å². The van der Waals surface area contributed by atoms with Crippen molar-refractivity contribution < 1.29 is 24.2 Å². The van der Waals surface area contributed by atoms with Crippen LogP contribution in [-0.4, -0.2) is 48.7 Å². The predicted octanol–water partition coefficient (Wildman–Crippen LogP) is 2.68. The summed E-state index contributed by atoms with van der Waals surface area (Å²) in [5, 5.41) is 9.22. The minimum Gasteiger partial charge on any atom is -0.493 e. The number of hydrogen-bond acceptors (Lipinski definition) is 4. The molecule has 6 nitrogen and oxygen atoms in total. The number of hydrogen-bond donors (Lipinski definition) is 1. The lowest BCUT2D eigenvalue weighted by Gasteiger charge is -2.22. The van der Waals surface area contributed by atoms with Crippen LogP contribution in [0, 0.1) is 0 Å². The Labute approximate surface area is 134 Å². The number of benzene rings is 1. The molecular weight excluding hydrogens is 310 g/mol. The molecule has 122 valence electrons. The minimum absolute atomic E-state index is 0.237. The van der Waals surface area contributed by atoms with Gasteiger partial charge in [-0.05, 0) is 25.5 Å². The molecule has 0 aliphatic carbocycles. The van der Waals surface area contributed by atoms with Crippen molar-refractivity contribution in [3.8, 4) is 11.5 Å². The zero-order valence-electron chi connectivity index (χ0n) is 13.1. The lowest BCUT2D eigenvalue weighted by molar-refractivity contribution is -0.141. The molecule has 1 amide bonds. The van der Waals surface area contributed by atoms with Crippen molar-refractivity contribution in [1.82, 2.24) is 4.90 Å². The summed E-state index contributed by atoms with van der Waals surface area (Å²) in [4.78, 5) is 24.4. The van der Waals surface area contributed by atoms with Gasteiger partial charge >= 0.3 is 5.97 Å². The number of methoxy groups -OCH3 is 1. The van der Waals surface area contributed by atoms with Crippen LogP contribution >= 0.6 is 11.6 Å². The van der Waals surface area contributed by atoms with E-state index in [1.54, 1.807) is 0 Å². The first-order valence-electron chi connectivity index (χ1n) is 6.83. The maximum Gasteiger partial charge on any atom is 0.326 e. The fraction of sp³-hybridized carbons (Fsp3) is 0.467. The van der Waals surface area contributed by atoms with Gasteiger partial charge in [0.2, 0.25) is 0 Å². The van der Waals surface area contributed by atoms with Gasteiger partial charge in [-0.15, -0.1) is 0 Å². The summed E-state index contributed by atoms with van der Waals surface area (Å²) >= 11 is 6.15. The topological polar surface area (TPSA) is 76.1 Å². The highest BCUT2D eigenvalue weighted by Crippen LogP contribution is 2.36. The van der Waals surface area contributed by atoms with E-state index in [-0.39, 0.29) is 10.6 Å². The van der Waals surface area contributed by atoms with Crippen molar-refractivity contribution in [2.75, 3.05) is 20.8 Å². The first-order valence-corrected chi connectivity index (χ1v) is 7.21. The Balaban J connectivity index is 3.13. The third kappa shape index (κ3) is 4.04. The van der Waals surface area contributed by atoms with E-state index in [1.807, 2.05) is 6.92 Å². The average Bonchev–Trinajstić information content (AvgIpc) is 2.50. The Morgan fingerprint density at radius 1 is 1.41 bits per heavy atom. The van der Waals surface area contributed by atoms with Crippen LogP contribution < -0.4 is 9.47 Å². The largest absolute Gasteiger partial charge is 0.493 e. The van der Waals surface area contributed by atoms with Crippen molar-refractivity contribution in [3.05, 3.63) is 22.7 Å². The van der Waals surface area contributed by atoms with Crippen molar-refractivity contribution >= 4 is 23.5 Å². The van der Waals surface area contributed by atoms with Crippen LogP contribution in [0.5, 0.6) is 11.5 Å². The molecule has 22 heavy (non-hydrogen) atoms. The second-order valence-electron chi connectivity index (χ2n) is 4.77. The number of likely N-dealkylation sites (N-methyl/N-ethyl adjacent to an activating group) is 1. The maximum atomic E-state index is 12.3. The van der Waals surface area contributed by atoms with E-state index in [4.69, 9.17) is 26.2 Å².